The van der Waals surface area contributed by atoms with E-state index >= 15 is 0 Å². The second-order valence-corrected chi connectivity index (χ2v) is 8.40. The minimum absolute atomic E-state index is 0.178. The van der Waals surface area contributed by atoms with Gasteiger partial charge in [-0.15, -0.1) is 11.3 Å². The molecule has 0 aliphatic heterocycles. The Balaban J connectivity index is 2.30. The lowest BCUT2D eigenvalue weighted by Gasteiger charge is -2.14. The molecule has 3 N–H and O–H groups in total. The Labute approximate surface area is 134 Å². The number of nitrogens with two attached hydrogens (primary N) is 1. The van der Waals surface area contributed by atoms with E-state index in [2.05, 4.69) is 4.72 Å². The van der Waals surface area contributed by atoms with Gasteiger partial charge in [-0.25, -0.2) is 13.1 Å². The molecule has 1 aromatic heterocycles. The van der Waals surface area contributed by atoms with E-state index in [4.69, 9.17) is 17.3 Å². The SMILES string of the molecule is Cc1cc(S(=O)(=O)NC(C)c2ccc(Cl)s2)cc(N)c1C. The second kappa shape index (κ2) is 5.96. The minimum Gasteiger partial charge on any atom is -0.398 e. The average Bonchev–Trinajstić information content (AvgIpc) is 2.81. The lowest BCUT2D eigenvalue weighted by atomic mass is 10.1. The topological polar surface area (TPSA) is 72.2 Å². The number of halogens is 1. The van der Waals surface area contributed by atoms with Crippen LogP contribution in [-0.4, -0.2) is 8.42 Å². The molecule has 7 heteroatoms. The van der Waals surface area contributed by atoms with Crippen LogP contribution in [0.3, 0.4) is 0 Å². The average molecular weight is 345 g/mol. The summed E-state index contributed by atoms with van der Waals surface area (Å²) in [7, 11) is -3.63. The van der Waals surface area contributed by atoms with Crippen LogP contribution in [0, 0.1) is 13.8 Å². The third kappa shape index (κ3) is 3.58. The van der Waals surface area contributed by atoms with Crippen molar-refractivity contribution >= 4 is 38.6 Å². The summed E-state index contributed by atoms with van der Waals surface area (Å²) in [6.07, 6.45) is 0. The Morgan fingerprint density at radius 2 is 1.95 bits per heavy atom. The van der Waals surface area contributed by atoms with Crippen LogP contribution in [0.25, 0.3) is 0 Å². The maximum absolute atomic E-state index is 12.4. The highest BCUT2D eigenvalue weighted by Gasteiger charge is 2.20. The van der Waals surface area contributed by atoms with E-state index in [1.807, 2.05) is 19.9 Å². The number of rotatable bonds is 4. The van der Waals surface area contributed by atoms with Crippen LogP contribution in [-0.2, 0) is 10.0 Å². The molecule has 21 heavy (non-hydrogen) atoms. The quantitative estimate of drug-likeness (QED) is 0.832. The summed E-state index contributed by atoms with van der Waals surface area (Å²) in [4.78, 5) is 1.04. The maximum Gasteiger partial charge on any atom is 0.241 e. The van der Waals surface area contributed by atoms with Gasteiger partial charge in [0.1, 0.15) is 0 Å². The zero-order chi connectivity index (χ0) is 15.8. The monoisotopic (exact) mass is 344 g/mol. The second-order valence-electron chi connectivity index (χ2n) is 4.94. The summed E-state index contributed by atoms with van der Waals surface area (Å²) in [5, 5.41) is 0. The maximum atomic E-state index is 12.4. The van der Waals surface area contributed by atoms with Crippen molar-refractivity contribution < 1.29 is 8.42 Å². The molecular weight excluding hydrogens is 328 g/mol. The van der Waals surface area contributed by atoms with Crippen LogP contribution in [0.1, 0.15) is 29.0 Å². The first-order valence-corrected chi connectivity index (χ1v) is 9.03. The third-order valence-corrected chi connectivity index (χ3v) is 6.28. The van der Waals surface area contributed by atoms with Crippen molar-refractivity contribution in [3.8, 4) is 0 Å². The minimum atomic E-state index is -3.63. The molecule has 0 bridgehead atoms. The molecule has 0 radical (unpaired) electrons. The van der Waals surface area contributed by atoms with Gasteiger partial charge in [-0.2, -0.15) is 0 Å². The zero-order valence-electron chi connectivity index (χ0n) is 12.0. The molecular formula is C14H17ClN2O2S2. The van der Waals surface area contributed by atoms with Crippen molar-refractivity contribution in [3.63, 3.8) is 0 Å². The van der Waals surface area contributed by atoms with Gasteiger partial charge in [-0.1, -0.05) is 11.6 Å². The van der Waals surface area contributed by atoms with Crippen molar-refractivity contribution in [2.75, 3.05) is 5.73 Å². The van der Waals surface area contributed by atoms with Crippen LogP contribution in [0.4, 0.5) is 5.69 Å². The fourth-order valence-electron chi connectivity index (χ4n) is 1.93. The molecule has 114 valence electrons. The highest BCUT2D eigenvalue weighted by molar-refractivity contribution is 7.89. The highest BCUT2D eigenvalue weighted by Crippen LogP contribution is 2.28. The molecule has 0 fully saturated rings. The Morgan fingerprint density at radius 3 is 2.48 bits per heavy atom. The number of hydrogen-bond acceptors (Lipinski definition) is 4. The van der Waals surface area contributed by atoms with Gasteiger partial charge in [-0.05, 0) is 56.2 Å². The first-order valence-electron chi connectivity index (χ1n) is 6.35. The molecule has 1 unspecified atom stereocenters. The van der Waals surface area contributed by atoms with Gasteiger partial charge in [0.15, 0.2) is 0 Å². The Kier molecular flexibility index (Phi) is 4.63. The predicted octanol–water partition coefficient (Wildman–Crippen LogP) is 3.64. The summed E-state index contributed by atoms with van der Waals surface area (Å²) in [6, 6.07) is 6.33. The lowest BCUT2D eigenvalue weighted by Crippen LogP contribution is -2.26. The van der Waals surface area contributed by atoms with Crippen LogP contribution in [0.5, 0.6) is 0 Å². The first kappa shape index (κ1) is 16.3. The summed E-state index contributed by atoms with van der Waals surface area (Å²) in [6.45, 7) is 5.49. The Hall–Kier alpha value is -1.08. The predicted molar refractivity (Wildman–Crippen MR) is 88.4 cm³/mol. The molecule has 2 aromatic rings. The van der Waals surface area contributed by atoms with Crippen LogP contribution in [0.2, 0.25) is 4.34 Å². The fraction of sp³-hybridized carbons (Fsp3) is 0.286. The van der Waals surface area contributed by atoms with Crippen molar-refractivity contribution in [3.05, 3.63) is 44.6 Å². The molecule has 0 spiro atoms. The summed E-state index contributed by atoms with van der Waals surface area (Å²) < 4.78 is 28.2. The number of nitrogens with one attached hydrogen (secondary N) is 1. The number of nitrogen functional groups attached to an aromatic ring is 1. The first-order chi connectivity index (χ1) is 9.70. The van der Waals surface area contributed by atoms with Gasteiger partial charge >= 0.3 is 0 Å². The Bertz CT molecular complexity index is 746. The highest BCUT2D eigenvalue weighted by atomic mass is 35.5. The number of anilines is 1. The molecule has 1 aromatic carbocycles. The summed E-state index contributed by atoms with van der Waals surface area (Å²) in [5.41, 5.74) is 8.07. The number of hydrogen-bond donors (Lipinski definition) is 2. The smallest absolute Gasteiger partial charge is 0.241 e. The van der Waals surface area contributed by atoms with Crippen LogP contribution < -0.4 is 10.5 Å². The van der Waals surface area contributed by atoms with E-state index in [9.17, 15) is 8.42 Å². The molecule has 4 nitrogen and oxygen atoms in total. The summed E-state index contributed by atoms with van der Waals surface area (Å²) in [5.74, 6) is 0. The molecule has 0 aliphatic carbocycles. The fourth-order valence-corrected chi connectivity index (χ4v) is 4.41. The molecule has 2 rings (SSSR count). The van der Waals surface area contributed by atoms with E-state index in [0.29, 0.717) is 10.0 Å². The Morgan fingerprint density at radius 1 is 1.29 bits per heavy atom. The molecule has 0 saturated heterocycles. The normalized spacial score (nSPS) is 13.3. The van der Waals surface area contributed by atoms with E-state index in [-0.39, 0.29) is 10.9 Å². The number of sulfonamides is 1. The zero-order valence-corrected chi connectivity index (χ0v) is 14.4. The van der Waals surface area contributed by atoms with E-state index in [1.165, 1.54) is 17.4 Å². The van der Waals surface area contributed by atoms with Gasteiger partial charge in [0, 0.05) is 10.6 Å². The summed E-state index contributed by atoms with van der Waals surface area (Å²) >= 11 is 7.23. The molecule has 0 saturated carbocycles. The van der Waals surface area contributed by atoms with Crippen LogP contribution >= 0.6 is 22.9 Å². The van der Waals surface area contributed by atoms with Crippen LogP contribution in [0.15, 0.2) is 29.2 Å². The van der Waals surface area contributed by atoms with Crippen molar-refractivity contribution in [1.29, 1.82) is 0 Å². The molecule has 1 atom stereocenters. The van der Waals surface area contributed by atoms with Gasteiger partial charge in [0.2, 0.25) is 10.0 Å². The van der Waals surface area contributed by atoms with E-state index < -0.39 is 10.0 Å². The number of thiophene rings is 1. The van der Waals surface area contributed by atoms with Crippen molar-refractivity contribution in [2.45, 2.75) is 31.7 Å². The van der Waals surface area contributed by atoms with E-state index in [0.717, 1.165) is 16.0 Å². The third-order valence-electron chi connectivity index (χ3n) is 3.34. The van der Waals surface area contributed by atoms with Gasteiger partial charge < -0.3 is 5.73 Å². The largest absolute Gasteiger partial charge is 0.398 e. The van der Waals surface area contributed by atoms with Gasteiger partial charge in [0.25, 0.3) is 0 Å². The van der Waals surface area contributed by atoms with E-state index in [1.54, 1.807) is 19.1 Å². The van der Waals surface area contributed by atoms with Crippen molar-refractivity contribution in [2.24, 2.45) is 0 Å². The molecule has 1 heterocycles. The number of benzene rings is 1. The van der Waals surface area contributed by atoms with Gasteiger partial charge in [-0.3, -0.25) is 0 Å². The van der Waals surface area contributed by atoms with Gasteiger partial charge in [0.05, 0.1) is 15.3 Å². The lowest BCUT2D eigenvalue weighted by molar-refractivity contribution is 0.568. The molecule has 0 aliphatic rings. The standard InChI is InChI=1S/C14H17ClN2O2S2/c1-8-6-11(7-12(16)9(8)2)21(18,19)17-10(3)13-4-5-14(15)20-13/h4-7,10,17H,16H2,1-3H3. The molecule has 0 amide bonds. The van der Waals surface area contributed by atoms with Crippen molar-refractivity contribution in [1.82, 2.24) is 4.72 Å². The number of aryl methyl sites for hydroxylation is 1.